The van der Waals surface area contributed by atoms with Crippen LogP contribution in [0.25, 0.3) is 0 Å². The molecule has 1 aromatic rings. The lowest BCUT2D eigenvalue weighted by Crippen LogP contribution is -2.20. The molecular weight excluding hydrogens is 306 g/mol. The average molecular weight is 325 g/mol. The summed E-state index contributed by atoms with van der Waals surface area (Å²) in [7, 11) is 0. The van der Waals surface area contributed by atoms with Crippen LogP contribution < -0.4 is 5.32 Å². The fraction of sp³-hybridized carbons (Fsp3) is 0.667. The Labute approximate surface area is 116 Å². The highest BCUT2D eigenvalue weighted by molar-refractivity contribution is 9.10. The van der Waals surface area contributed by atoms with Crippen LogP contribution in [0.4, 0.5) is 0 Å². The third-order valence-electron chi connectivity index (χ3n) is 2.49. The molecule has 0 radical (unpaired) electrons. The molecule has 0 aliphatic heterocycles. The summed E-state index contributed by atoms with van der Waals surface area (Å²) in [5.74, 6) is 0.750. The van der Waals surface area contributed by atoms with Crippen LogP contribution in [0.1, 0.15) is 44.5 Å². The zero-order chi connectivity index (χ0) is 12.1. The van der Waals surface area contributed by atoms with Gasteiger partial charge in [-0.25, -0.2) is 0 Å². The van der Waals surface area contributed by atoms with Gasteiger partial charge in [-0.1, -0.05) is 32.4 Å². The molecule has 0 aliphatic carbocycles. The lowest BCUT2D eigenvalue weighted by molar-refractivity contribution is 0.453. The standard InChI is InChI=1S/C12H19BrClNS/c1-4-15-10(6-5-8(2)3)11-7-9(13)12(14)16-11/h7-8,10,15H,4-6H2,1-3H3. The Morgan fingerprint density at radius 1 is 1.44 bits per heavy atom. The zero-order valence-electron chi connectivity index (χ0n) is 10.0. The molecule has 1 atom stereocenters. The summed E-state index contributed by atoms with van der Waals surface area (Å²) in [5.41, 5.74) is 0. The van der Waals surface area contributed by atoms with E-state index in [4.69, 9.17) is 11.6 Å². The number of rotatable bonds is 6. The van der Waals surface area contributed by atoms with Gasteiger partial charge in [-0.05, 0) is 47.3 Å². The summed E-state index contributed by atoms with van der Waals surface area (Å²) in [4.78, 5) is 1.33. The molecule has 1 rings (SSSR count). The summed E-state index contributed by atoms with van der Waals surface area (Å²) in [5, 5.41) is 3.53. The highest BCUT2D eigenvalue weighted by Gasteiger charge is 2.15. The van der Waals surface area contributed by atoms with E-state index in [1.54, 1.807) is 11.3 Å². The maximum Gasteiger partial charge on any atom is 0.107 e. The van der Waals surface area contributed by atoms with E-state index in [9.17, 15) is 0 Å². The molecule has 1 aromatic heterocycles. The van der Waals surface area contributed by atoms with E-state index >= 15 is 0 Å². The largest absolute Gasteiger partial charge is 0.310 e. The number of nitrogens with one attached hydrogen (secondary N) is 1. The molecule has 4 heteroatoms. The number of halogens is 2. The molecule has 0 aromatic carbocycles. The molecule has 0 amide bonds. The third kappa shape index (κ3) is 4.36. The minimum atomic E-state index is 0.446. The van der Waals surface area contributed by atoms with Gasteiger partial charge in [0.2, 0.25) is 0 Å². The molecule has 0 saturated heterocycles. The SMILES string of the molecule is CCNC(CCC(C)C)c1cc(Br)c(Cl)s1. The van der Waals surface area contributed by atoms with E-state index in [-0.39, 0.29) is 0 Å². The molecule has 92 valence electrons. The summed E-state index contributed by atoms with van der Waals surface area (Å²) in [6.45, 7) is 7.67. The molecule has 0 spiro atoms. The summed E-state index contributed by atoms with van der Waals surface area (Å²) in [6.07, 6.45) is 2.42. The molecule has 16 heavy (non-hydrogen) atoms. The van der Waals surface area contributed by atoms with Crippen molar-refractivity contribution in [3.8, 4) is 0 Å². The van der Waals surface area contributed by atoms with E-state index in [2.05, 4.69) is 48.1 Å². The third-order valence-corrected chi connectivity index (χ3v) is 5.08. The van der Waals surface area contributed by atoms with Gasteiger partial charge in [0.05, 0.1) is 0 Å². The predicted molar refractivity (Wildman–Crippen MR) is 77.5 cm³/mol. The fourth-order valence-electron chi connectivity index (χ4n) is 1.63. The van der Waals surface area contributed by atoms with Gasteiger partial charge in [-0.2, -0.15) is 0 Å². The van der Waals surface area contributed by atoms with Crippen LogP contribution in [-0.4, -0.2) is 6.54 Å². The first-order chi connectivity index (χ1) is 7.54. The quantitative estimate of drug-likeness (QED) is 0.753. The molecular formula is C12H19BrClNS. The van der Waals surface area contributed by atoms with Crippen LogP contribution in [0.3, 0.4) is 0 Å². The molecule has 1 unspecified atom stereocenters. The highest BCUT2D eigenvalue weighted by Crippen LogP contribution is 2.36. The predicted octanol–water partition coefficient (Wildman–Crippen LogP) is 5.25. The topological polar surface area (TPSA) is 12.0 Å². The van der Waals surface area contributed by atoms with Crippen LogP contribution in [0, 0.1) is 5.92 Å². The van der Waals surface area contributed by atoms with Crippen molar-refractivity contribution < 1.29 is 0 Å². The lowest BCUT2D eigenvalue weighted by Gasteiger charge is -2.17. The van der Waals surface area contributed by atoms with Crippen molar-refractivity contribution >= 4 is 38.9 Å². The summed E-state index contributed by atoms with van der Waals surface area (Å²) < 4.78 is 1.86. The van der Waals surface area contributed by atoms with E-state index in [0.717, 1.165) is 21.3 Å². The molecule has 0 aliphatic rings. The van der Waals surface area contributed by atoms with Gasteiger partial charge in [0.1, 0.15) is 4.34 Å². The van der Waals surface area contributed by atoms with Crippen LogP contribution >= 0.6 is 38.9 Å². The number of hydrogen-bond donors (Lipinski definition) is 1. The molecule has 1 heterocycles. The van der Waals surface area contributed by atoms with E-state index in [1.165, 1.54) is 17.7 Å². The van der Waals surface area contributed by atoms with Crippen LogP contribution in [0.15, 0.2) is 10.5 Å². The van der Waals surface area contributed by atoms with Crippen molar-refractivity contribution in [1.82, 2.24) is 5.32 Å². The highest BCUT2D eigenvalue weighted by atomic mass is 79.9. The van der Waals surface area contributed by atoms with Crippen molar-refractivity contribution in [3.63, 3.8) is 0 Å². The Morgan fingerprint density at radius 3 is 2.56 bits per heavy atom. The molecule has 1 N–H and O–H groups in total. The van der Waals surface area contributed by atoms with Gasteiger partial charge in [0, 0.05) is 15.4 Å². The zero-order valence-corrected chi connectivity index (χ0v) is 13.2. The van der Waals surface area contributed by atoms with Gasteiger partial charge in [0.15, 0.2) is 0 Å². The van der Waals surface area contributed by atoms with Crippen LogP contribution in [-0.2, 0) is 0 Å². The Kier molecular flexibility index (Phi) is 6.34. The minimum Gasteiger partial charge on any atom is -0.310 e. The monoisotopic (exact) mass is 323 g/mol. The van der Waals surface area contributed by atoms with Crippen molar-refractivity contribution in [3.05, 3.63) is 19.8 Å². The normalized spacial score (nSPS) is 13.4. The first kappa shape index (κ1) is 14.5. The van der Waals surface area contributed by atoms with Crippen molar-refractivity contribution in [1.29, 1.82) is 0 Å². The lowest BCUT2D eigenvalue weighted by atomic mass is 10.0. The van der Waals surface area contributed by atoms with Gasteiger partial charge in [-0.3, -0.25) is 0 Å². The van der Waals surface area contributed by atoms with Gasteiger partial charge >= 0.3 is 0 Å². The Balaban J connectivity index is 2.68. The summed E-state index contributed by atoms with van der Waals surface area (Å²) >= 11 is 11.2. The van der Waals surface area contributed by atoms with E-state index < -0.39 is 0 Å². The Morgan fingerprint density at radius 2 is 2.12 bits per heavy atom. The van der Waals surface area contributed by atoms with Crippen molar-refractivity contribution in [2.24, 2.45) is 5.92 Å². The Hall–Kier alpha value is 0.430. The first-order valence-electron chi connectivity index (χ1n) is 5.72. The van der Waals surface area contributed by atoms with Crippen molar-refractivity contribution in [2.75, 3.05) is 6.54 Å². The van der Waals surface area contributed by atoms with Crippen molar-refractivity contribution in [2.45, 2.75) is 39.7 Å². The van der Waals surface area contributed by atoms with Crippen LogP contribution in [0.5, 0.6) is 0 Å². The second-order valence-corrected chi connectivity index (χ2v) is 6.89. The summed E-state index contributed by atoms with van der Waals surface area (Å²) in [6, 6.07) is 2.59. The number of thiophene rings is 1. The first-order valence-corrected chi connectivity index (χ1v) is 7.71. The maximum absolute atomic E-state index is 6.08. The number of hydrogen-bond acceptors (Lipinski definition) is 2. The molecule has 0 fully saturated rings. The van der Waals surface area contributed by atoms with E-state index in [1.807, 2.05) is 0 Å². The average Bonchev–Trinajstić information content (AvgIpc) is 2.53. The Bertz CT molecular complexity index is 305. The van der Waals surface area contributed by atoms with E-state index in [0.29, 0.717) is 6.04 Å². The minimum absolute atomic E-state index is 0.446. The van der Waals surface area contributed by atoms with Gasteiger partial charge < -0.3 is 5.32 Å². The maximum atomic E-state index is 6.08. The smallest absolute Gasteiger partial charge is 0.107 e. The molecule has 0 bridgehead atoms. The second kappa shape index (κ2) is 7.00. The van der Waals surface area contributed by atoms with Crippen LogP contribution in [0.2, 0.25) is 4.34 Å². The molecule has 1 nitrogen and oxygen atoms in total. The second-order valence-electron chi connectivity index (χ2n) is 4.35. The molecule has 0 saturated carbocycles. The fourth-order valence-corrected chi connectivity index (χ4v) is 3.47. The van der Waals surface area contributed by atoms with Gasteiger partial charge in [-0.15, -0.1) is 11.3 Å². The van der Waals surface area contributed by atoms with Gasteiger partial charge in [0.25, 0.3) is 0 Å².